The minimum absolute atomic E-state index is 0.0358. The maximum Gasteiger partial charge on any atom is 0.241 e. The fourth-order valence-electron chi connectivity index (χ4n) is 1.69. The van der Waals surface area contributed by atoms with Crippen LogP contribution in [-0.2, 0) is 4.79 Å². The third-order valence-electron chi connectivity index (χ3n) is 2.77. The Morgan fingerprint density at radius 3 is 3.06 bits per heavy atom. The first-order valence-corrected chi connectivity index (χ1v) is 5.29. The van der Waals surface area contributed by atoms with E-state index < -0.39 is 0 Å². The van der Waals surface area contributed by atoms with Crippen LogP contribution in [-0.4, -0.2) is 12.5 Å². The standard InChI is InChI=1S/C12H13N3O/c1-9-5-6-15(14-12(9)16)11-4-2-3-10(7-11)8-13/h2-4,7,9H,5-6H2,1H3,(H,14,16). The van der Waals surface area contributed by atoms with E-state index in [9.17, 15) is 4.79 Å². The Balaban J connectivity index is 2.19. The Morgan fingerprint density at radius 1 is 1.56 bits per heavy atom. The molecule has 1 amide bonds. The zero-order chi connectivity index (χ0) is 11.5. The number of hydrazine groups is 1. The summed E-state index contributed by atoms with van der Waals surface area (Å²) >= 11 is 0. The molecular formula is C12H13N3O. The van der Waals surface area contributed by atoms with Crippen LogP contribution in [0.25, 0.3) is 0 Å². The minimum Gasteiger partial charge on any atom is -0.286 e. The molecule has 0 radical (unpaired) electrons. The van der Waals surface area contributed by atoms with Gasteiger partial charge in [-0.15, -0.1) is 0 Å². The van der Waals surface area contributed by atoms with E-state index in [-0.39, 0.29) is 11.8 Å². The predicted octanol–water partition coefficient (Wildman–Crippen LogP) is 1.44. The third kappa shape index (κ3) is 1.98. The smallest absolute Gasteiger partial charge is 0.241 e. The van der Waals surface area contributed by atoms with Crippen LogP contribution in [0.3, 0.4) is 0 Å². The molecule has 1 aromatic rings. The van der Waals surface area contributed by atoms with Gasteiger partial charge in [-0.2, -0.15) is 5.26 Å². The SMILES string of the molecule is CC1CCN(c2cccc(C#N)c2)NC1=O. The number of benzene rings is 1. The summed E-state index contributed by atoms with van der Waals surface area (Å²) in [6.07, 6.45) is 0.836. The topological polar surface area (TPSA) is 56.1 Å². The normalized spacial score (nSPS) is 20.1. The van der Waals surface area contributed by atoms with E-state index in [2.05, 4.69) is 11.5 Å². The van der Waals surface area contributed by atoms with Gasteiger partial charge in [0.15, 0.2) is 0 Å². The molecule has 0 aromatic heterocycles. The van der Waals surface area contributed by atoms with Crippen molar-refractivity contribution < 1.29 is 4.79 Å². The molecule has 4 nitrogen and oxygen atoms in total. The van der Waals surface area contributed by atoms with Crippen molar-refractivity contribution in [3.8, 4) is 6.07 Å². The number of hydrogen-bond donors (Lipinski definition) is 1. The summed E-state index contributed by atoms with van der Waals surface area (Å²) in [7, 11) is 0. The lowest BCUT2D eigenvalue weighted by Crippen LogP contribution is -2.50. The Bertz CT molecular complexity index is 450. The summed E-state index contributed by atoms with van der Waals surface area (Å²) in [4.78, 5) is 11.5. The quantitative estimate of drug-likeness (QED) is 0.771. The molecule has 1 aromatic carbocycles. The highest BCUT2D eigenvalue weighted by atomic mass is 16.2. The van der Waals surface area contributed by atoms with E-state index in [4.69, 9.17) is 5.26 Å². The minimum atomic E-state index is 0.0358. The first-order valence-electron chi connectivity index (χ1n) is 5.29. The number of rotatable bonds is 1. The number of hydrogen-bond acceptors (Lipinski definition) is 3. The number of nitrogens with one attached hydrogen (secondary N) is 1. The van der Waals surface area contributed by atoms with Gasteiger partial charge in [0.2, 0.25) is 5.91 Å². The van der Waals surface area contributed by atoms with E-state index in [0.29, 0.717) is 5.56 Å². The first kappa shape index (κ1) is 10.5. The van der Waals surface area contributed by atoms with Crippen molar-refractivity contribution in [3.05, 3.63) is 29.8 Å². The molecule has 1 unspecified atom stereocenters. The van der Waals surface area contributed by atoms with Gasteiger partial charge < -0.3 is 0 Å². The van der Waals surface area contributed by atoms with Gasteiger partial charge in [-0.3, -0.25) is 15.2 Å². The van der Waals surface area contributed by atoms with Crippen molar-refractivity contribution in [2.24, 2.45) is 5.92 Å². The second kappa shape index (κ2) is 4.23. The zero-order valence-electron chi connectivity index (χ0n) is 9.10. The van der Waals surface area contributed by atoms with Crippen molar-refractivity contribution in [2.75, 3.05) is 11.6 Å². The number of anilines is 1. The van der Waals surface area contributed by atoms with Gasteiger partial charge in [0.05, 0.1) is 17.3 Å². The molecule has 0 aliphatic carbocycles. The van der Waals surface area contributed by atoms with E-state index in [0.717, 1.165) is 18.7 Å². The van der Waals surface area contributed by atoms with Gasteiger partial charge in [0.1, 0.15) is 0 Å². The van der Waals surface area contributed by atoms with Gasteiger partial charge in [-0.05, 0) is 24.6 Å². The summed E-state index contributed by atoms with van der Waals surface area (Å²) in [6.45, 7) is 2.69. The lowest BCUT2D eigenvalue weighted by atomic mass is 10.1. The number of nitrogens with zero attached hydrogens (tertiary/aromatic N) is 2. The maximum absolute atomic E-state index is 11.5. The largest absolute Gasteiger partial charge is 0.286 e. The zero-order valence-corrected chi connectivity index (χ0v) is 9.10. The van der Waals surface area contributed by atoms with Gasteiger partial charge in [-0.1, -0.05) is 13.0 Å². The summed E-state index contributed by atoms with van der Waals surface area (Å²) in [5.41, 5.74) is 4.28. The number of carbonyl (C=O) groups is 1. The summed E-state index contributed by atoms with van der Waals surface area (Å²) < 4.78 is 0. The third-order valence-corrected chi connectivity index (χ3v) is 2.77. The van der Waals surface area contributed by atoms with Gasteiger partial charge in [0, 0.05) is 12.5 Å². The van der Waals surface area contributed by atoms with Crippen molar-refractivity contribution in [3.63, 3.8) is 0 Å². The van der Waals surface area contributed by atoms with Gasteiger partial charge >= 0.3 is 0 Å². The molecule has 1 aliphatic heterocycles. The number of nitriles is 1. The van der Waals surface area contributed by atoms with Crippen molar-refractivity contribution in [1.29, 1.82) is 5.26 Å². The number of carbonyl (C=O) groups excluding carboxylic acids is 1. The van der Waals surface area contributed by atoms with E-state index >= 15 is 0 Å². The second-order valence-electron chi connectivity index (χ2n) is 3.98. The summed E-state index contributed by atoms with van der Waals surface area (Å²) in [5.74, 6) is 0.101. The molecule has 0 saturated carbocycles. The Morgan fingerprint density at radius 2 is 2.38 bits per heavy atom. The second-order valence-corrected chi connectivity index (χ2v) is 3.98. The molecule has 0 bridgehead atoms. The molecule has 4 heteroatoms. The molecule has 1 heterocycles. The average molecular weight is 215 g/mol. The van der Waals surface area contributed by atoms with Crippen molar-refractivity contribution >= 4 is 11.6 Å². The lowest BCUT2D eigenvalue weighted by molar-refractivity contribution is -0.126. The van der Waals surface area contributed by atoms with Crippen LogP contribution in [0, 0.1) is 17.2 Å². The fourth-order valence-corrected chi connectivity index (χ4v) is 1.69. The molecule has 1 saturated heterocycles. The molecule has 2 rings (SSSR count). The van der Waals surface area contributed by atoms with Crippen molar-refractivity contribution in [1.82, 2.24) is 5.43 Å². The van der Waals surface area contributed by atoms with E-state index in [1.165, 1.54) is 0 Å². The Hall–Kier alpha value is -2.02. The van der Waals surface area contributed by atoms with E-state index in [1.807, 2.05) is 19.1 Å². The monoisotopic (exact) mass is 215 g/mol. The molecule has 1 atom stereocenters. The summed E-state index contributed by atoms with van der Waals surface area (Å²) in [6, 6.07) is 9.31. The lowest BCUT2D eigenvalue weighted by Gasteiger charge is -2.32. The van der Waals surface area contributed by atoms with Crippen LogP contribution >= 0.6 is 0 Å². The van der Waals surface area contributed by atoms with Crippen LogP contribution in [0.15, 0.2) is 24.3 Å². The highest BCUT2D eigenvalue weighted by molar-refractivity contribution is 5.81. The molecule has 1 N–H and O–H groups in total. The average Bonchev–Trinajstić information content (AvgIpc) is 2.33. The predicted molar refractivity (Wildman–Crippen MR) is 60.4 cm³/mol. The van der Waals surface area contributed by atoms with Crippen LogP contribution in [0.5, 0.6) is 0 Å². The van der Waals surface area contributed by atoms with Crippen LogP contribution in [0.2, 0.25) is 0 Å². The molecule has 1 aliphatic rings. The van der Waals surface area contributed by atoms with Gasteiger partial charge in [-0.25, -0.2) is 0 Å². The fraction of sp³-hybridized carbons (Fsp3) is 0.333. The van der Waals surface area contributed by atoms with Crippen LogP contribution in [0.1, 0.15) is 18.9 Å². The first-order chi connectivity index (χ1) is 7.70. The van der Waals surface area contributed by atoms with Crippen LogP contribution in [0.4, 0.5) is 5.69 Å². The highest BCUT2D eigenvalue weighted by Crippen LogP contribution is 2.19. The Labute approximate surface area is 94.4 Å². The molecule has 16 heavy (non-hydrogen) atoms. The number of amides is 1. The summed E-state index contributed by atoms with van der Waals surface area (Å²) in [5, 5.41) is 10.6. The van der Waals surface area contributed by atoms with Crippen LogP contribution < -0.4 is 10.4 Å². The highest BCUT2D eigenvalue weighted by Gasteiger charge is 2.22. The molecular weight excluding hydrogens is 202 g/mol. The molecule has 1 fully saturated rings. The molecule has 82 valence electrons. The van der Waals surface area contributed by atoms with Gasteiger partial charge in [0.25, 0.3) is 0 Å². The van der Waals surface area contributed by atoms with E-state index in [1.54, 1.807) is 17.1 Å². The maximum atomic E-state index is 11.5. The molecule has 0 spiro atoms. The van der Waals surface area contributed by atoms with Crippen molar-refractivity contribution in [2.45, 2.75) is 13.3 Å². The Kier molecular flexibility index (Phi) is 2.78.